The van der Waals surface area contributed by atoms with E-state index in [1.807, 2.05) is 7.05 Å². The van der Waals surface area contributed by atoms with Crippen molar-refractivity contribution in [3.8, 4) is 0 Å². The van der Waals surface area contributed by atoms with Gasteiger partial charge < -0.3 is 43.2 Å². The Kier molecular flexibility index (Phi) is 34.7. The minimum absolute atomic E-state index is 0.136. The van der Waals surface area contributed by atoms with Gasteiger partial charge in [0.2, 0.25) is 0 Å². The zero-order valence-corrected chi connectivity index (χ0v) is 25.1. The number of carbonyl (C=O) groups is 1. The molecule has 2 aliphatic rings. The van der Waals surface area contributed by atoms with E-state index in [0.29, 0.717) is 112 Å². The molecule has 0 heterocycles. The van der Waals surface area contributed by atoms with Crippen molar-refractivity contribution in [1.82, 2.24) is 5.32 Å². The Bertz CT molecular complexity index is 459. The first kappa shape index (κ1) is 38.3. The summed E-state index contributed by atoms with van der Waals surface area (Å²) in [6, 6.07) is 0. The highest BCUT2D eigenvalue weighted by Gasteiger charge is 1.97. The topological polar surface area (TPSA) is 103 Å². The molecule has 0 saturated heterocycles. The highest BCUT2D eigenvalue weighted by Crippen LogP contribution is 2.15. The molecule has 234 valence electrons. The number of hydrogen-bond acceptors (Lipinski definition) is 10. The Morgan fingerprint density at radius 2 is 0.744 bits per heavy atom. The van der Waals surface area contributed by atoms with Crippen LogP contribution in [0.3, 0.4) is 0 Å². The summed E-state index contributed by atoms with van der Waals surface area (Å²) >= 11 is 0. The van der Waals surface area contributed by atoms with E-state index in [1.165, 1.54) is 44.9 Å². The highest BCUT2D eigenvalue weighted by atomic mass is 16.6. The Morgan fingerprint density at radius 3 is 1.03 bits per heavy atom. The molecule has 0 amide bonds. The minimum atomic E-state index is 0.136. The summed E-state index contributed by atoms with van der Waals surface area (Å²) in [5, 5.41) is 3.01. The third-order valence-electron chi connectivity index (χ3n) is 5.26. The van der Waals surface area contributed by atoms with E-state index in [9.17, 15) is 4.79 Å². The van der Waals surface area contributed by atoms with Crippen molar-refractivity contribution in [2.75, 3.05) is 119 Å². The maximum Gasteiger partial charge on any atom is 0.132 e. The van der Waals surface area contributed by atoms with Crippen LogP contribution in [-0.4, -0.2) is 125 Å². The van der Waals surface area contributed by atoms with E-state index >= 15 is 0 Å². The van der Waals surface area contributed by atoms with Crippen molar-refractivity contribution >= 4 is 5.78 Å². The Labute approximate surface area is 238 Å². The summed E-state index contributed by atoms with van der Waals surface area (Å²) in [5.74, 6) is 0.136. The van der Waals surface area contributed by atoms with Gasteiger partial charge in [-0.15, -0.1) is 0 Å². The number of nitrogens with one attached hydrogen (secondary N) is 1. The van der Waals surface area contributed by atoms with Crippen LogP contribution < -0.4 is 5.32 Å². The molecule has 2 rings (SSSR count). The van der Waals surface area contributed by atoms with E-state index in [2.05, 4.69) is 5.32 Å². The molecule has 0 radical (unpaired) electrons. The molecule has 0 aromatic rings. The zero-order valence-electron chi connectivity index (χ0n) is 25.1. The third kappa shape index (κ3) is 41.9. The summed E-state index contributed by atoms with van der Waals surface area (Å²) in [7, 11) is 1.90. The van der Waals surface area contributed by atoms with Crippen LogP contribution in [0.2, 0.25) is 0 Å². The number of ether oxygens (including phenoxy) is 8. The number of carbonyl (C=O) groups excluding carboxylic acids is 1. The molecule has 0 bridgehead atoms. The van der Waals surface area contributed by atoms with Crippen LogP contribution in [0.15, 0.2) is 0 Å². The molecule has 2 saturated carbocycles. The van der Waals surface area contributed by atoms with Crippen molar-refractivity contribution < 1.29 is 42.7 Å². The van der Waals surface area contributed by atoms with Crippen LogP contribution in [0.4, 0.5) is 0 Å². The summed E-state index contributed by atoms with van der Waals surface area (Å²) in [5.41, 5.74) is 0. The molecule has 2 fully saturated rings. The summed E-state index contributed by atoms with van der Waals surface area (Å²) in [4.78, 5) is 10.7. The Morgan fingerprint density at radius 1 is 0.462 bits per heavy atom. The molecule has 0 aliphatic heterocycles. The number of hydrogen-bond donors (Lipinski definition) is 1. The van der Waals surface area contributed by atoms with Crippen LogP contribution in [-0.2, 0) is 42.7 Å². The third-order valence-corrected chi connectivity index (χ3v) is 5.26. The fraction of sp³-hybridized carbons (Fsp3) is 0.966. The minimum Gasteiger partial charge on any atom is -0.379 e. The Hall–Kier alpha value is -0.690. The largest absolute Gasteiger partial charge is 0.379 e. The lowest BCUT2D eigenvalue weighted by Gasteiger charge is -2.08. The van der Waals surface area contributed by atoms with E-state index in [-0.39, 0.29) is 5.78 Å². The van der Waals surface area contributed by atoms with Crippen molar-refractivity contribution in [3.63, 3.8) is 0 Å². The van der Waals surface area contributed by atoms with Crippen LogP contribution in [0.25, 0.3) is 0 Å². The standard InChI is InChI=1S/C22H45NO9.C4H8.C3H6/c1-22(24)4-8-27-12-16-29-14-10-25-6-3-7-26-11-15-30-18-20-32-21-19-31-17-13-28-9-5-23-2;1-2-4-3-1;1-2-3-1/h23H,3-21H2,1-2H3;1-4H2;1-3H2. The molecule has 1 N–H and O–H groups in total. The number of rotatable bonds is 28. The van der Waals surface area contributed by atoms with Crippen LogP contribution in [0.1, 0.15) is 64.7 Å². The molecule has 0 aromatic carbocycles. The monoisotopic (exact) mass is 565 g/mol. The van der Waals surface area contributed by atoms with E-state index in [1.54, 1.807) is 6.92 Å². The highest BCUT2D eigenvalue weighted by molar-refractivity contribution is 5.75. The zero-order chi connectivity index (χ0) is 28.3. The van der Waals surface area contributed by atoms with Gasteiger partial charge in [-0.3, -0.25) is 4.79 Å². The van der Waals surface area contributed by atoms with Crippen molar-refractivity contribution in [2.45, 2.75) is 64.7 Å². The molecular formula is C29H59NO9. The molecule has 0 atom stereocenters. The van der Waals surface area contributed by atoms with Gasteiger partial charge in [-0.25, -0.2) is 0 Å². The van der Waals surface area contributed by atoms with Gasteiger partial charge in [0.05, 0.1) is 92.5 Å². The van der Waals surface area contributed by atoms with Gasteiger partial charge in [0, 0.05) is 26.2 Å². The van der Waals surface area contributed by atoms with Crippen LogP contribution in [0, 0.1) is 0 Å². The van der Waals surface area contributed by atoms with Gasteiger partial charge in [-0.2, -0.15) is 0 Å². The van der Waals surface area contributed by atoms with Crippen molar-refractivity contribution in [3.05, 3.63) is 0 Å². The molecule has 0 aromatic heterocycles. The molecule has 10 heteroatoms. The molecule has 2 aliphatic carbocycles. The van der Waals surface area contributed by atoms with E-state index in [0.717, 1.165) is 13.0 Å². The average Bonchev–Trinajstić information content (AvgIpc) is 3.77. The fourth-order valence-corrected chi connectivity index (χ4v) is 2.43. The molecule has 0 spiro atoms. The van der Waals surface area contributed by atoms with Gasteiger partial charge in [0.15, 0.2) is 0 Å². The second kappa shape index (κ2) is 35.3. The van der Waals surface area contributed by atoms with Gasteiger partial charge in [-0.1, -0.05) is 44.9 Å². The van der Waals surface area contributed by atoms with Gasteiger partial charge in [0.1, 0.15) is 5.78 Å². The van der Waals surface area contributed by atoms with E-state index < -0.39 is 0 Å². The fourth-order valence-electron chi connectivity index (χ4n) is 2.43. The maximum absolute atomic E-state index is 10.7. The van der Waals surface area contributed by atoms with Crippen LogP contribution >= 0.6 is 0 Å². The first-order valence-corrected chi connectivity index (χ1v) is 15.0. The maximum atomic E-state index is 10.7. The molecular weight excluding hydrogens is 506 g/mol. The first-order valence-electron chi connectivity index (χ1n) is 15.0. The van der Waals surface area contributed by atoms with Gasteiger partial charge in [-0.05, 0) is 20.4 Å². The average molecular weight is 566 g/mol. The predicted octanol–water partition coefficient (Wildman–Crippen LogP) is 3.44. The molecule has 0 unspecified atom stereocenters. The van der Waals surface area contributed by atoms with Crippen LogP contribution in [0.5, 0.6) is 0 Å². The van der Waals surface area contributed by atoms with Crippen molar-refractivity contribution in [1.29, 1.82) is 0 Å². The second-order valence-corrected chi connectivity index (χ2v) is 9.28. The summed E-state index contributed by atoms with van der Waals surface area (Å²) in [6.45, 7) is 11.4. The summed E-state index contributed by atoms with van der Waals surface area (Å²) < 4.78 is 43.2. The number of ketones is 1. The number of likely N-dealkylation sites (N-methyl/N-ethyl adjacent to an activating group) is 1. The Balaban J connectivity index is 0.00000176. The van der Waals surface area contributed by atoms with Crippen molar-refractivity contribution in [2.24, 2.45) is 0 Å². The first-order chi connectivity index (χ1) is 19.3. The number of Topliss-reactive ketones (excluding diaryl/α,β-unsaturated/α-hetero) is 1. The lowest BCUT2D eigenvalue weighted by molar-refractivity contribution is -0.118. The van der Waals surface area contributed by atoms with Gasteiger partial charge in [0.25, 0.3) is 0 Å². The molecule has 10 nitrogen and oxygen atoms in total. The lowest BCUT2D eigenvalue weighted by atomic mass is 10.0. The second-order valence-electron chi connectivity index (χ2n) is 9.28. The quantitative estimate of drug-likeness (QED) is 0.142. The van der Waals surface area contributed by atoms with E-state index in [4.69, 9.17) is 37.9 Å². The molecule has 39 heavy (non-hydrogen) atoms. The predicted molar refractivity (Wildman–Crippen MR) is 153 cm³/mol. The smallest absolute Gasteiger partial charge is 0.132 e. The summed E-state index contributed by atoms with van der Waals surface area (Å²) in [6.07, 6.45) is 11.8. The van der Waals surface area contributed by atoms with Gasteiger partial charge >= 0.3 is 0 Å². The SMILES string of the molecule is C1CC1.C1CCC1.CNCCOCCOCCOCCOCCOCCCOCCOCCOCCC(C)=O. The normalized spacial score (nSPS) is 13.6. The lowest BCUT2D eigenvalue weighted by Crippen LogP contribution is -2.17.